The lowest BCUT2D eigenvalue weighted by atomic mass is 9.78. The SMILES string of the molecule is COc1ccc(C2(CNCCO)CCCC2)cc1OC.Cl. The van der Waals surface area contributed by atoms with E-state index in [9.17, 15) is 0 Å². The van der Waals surface area contributed by atoms with Crippen LogP contribution in [-0.2, 0) is 5.41 Å². The summed E-state index contributed by atoms with van der Waals surface area (Å²) in [5, 5.41) is 12.3. The number of aliphatic hydroxyl groups is 1. The Labute approximate surface area is 133 Å². The zero-order valence-corrected chi connectivity index (χ0v) is 13.7. The standard InChI is InChI=1S/C16H25NO3.ClH/c1-19-14-6-5-13(11-15(14)20-2)16(7-3-4-8-16)12-17-9-10-18;/h5-6,11,17-18H,3-4,7-10,12H2,1-2H3;1H. The molecule has 4 nitrogen and oxygen atoms in total. The van der Waals surface area contributed by atoms with Gasteiger partial charge in [0.15, 0.2) is 11.5 Å². The highest BCUT2D eigenvalue weighted by Gasteiger charge is 2.35. The molecule has 0 unspecified atom stereocenters. The van der Waals surface area contributed by atoms with Crippen molar-refractivity contribution in [3.05, 3.63) is 23.8 Å². The summed E-state index contributed by atoms with van der Waals surface area (Å²) in [6, 6.07) is 6.23. The molecule has 120 valence electrons. The summed E-state index contributed by atoms with van der Waals surface area (Å²) in [6.45, 7) is 1.74. The van der Waals surface area contributed by atoms with E-state index in [4.69, 9.17) is 14.6 Å². The molecular weight excluding hydrogens is 290 g/mol. The molecule has 1 aliphatic carbocycles. The van der Waals surface area contributed by atoms with Gasteiger partial charge in [0.25, 0.3) is 0 Å². The largest absolute Gasteiger partial charge is 0.493 e. The van der Waals surface area contributed by atoms with Gasteiger partial charge in [0.2, 0.25) is 0 Å². The molecule has 1 aromatic carbocycles. The van der Waals surface area contributed by atoms with Crippen molar-refractivity contribution in [2.75, 3.05) is 33.9 Å². The minimum absolute atomic E-state index is 0. The van der Waals surface area contributed by atoms with Gasteiger partial charge in [0.05, 0.1) is 20.8 Å². The van der Waals surface area contributed by atoms with Crippen molar-refractivity contribution in [3.8, 4) is 11.5 Å². The first-order valence-electron chi connectivity index (χ1n) is 7.30. The average molecular weight is 316 g/mol. The van der Waals surface area contributed by atoms with Crippen molar-refractivity contribution >= 4 is 12.4 Å². The zero-order chi connectivity index (χ0) is 14.4. The molecule has 0 amide bonds. The minimum Gasteiger partial charge on any atom is -0.493 e. The lowest BCUT2D eigenvalue weighted by Crippen LogP contribution is -2.37. The predicted octanol–water partition coefficient (Wildman–Crippen LogP) is 2.52. The van der Waals surface area contributed by atoms with Crippen molar-refractivity contribution in [2.24, 2.45) is 0 Å². The van der Waals surface area contributed by atoms with E-state index in [2.05, 4.69) is 17.4 Å². The summed E-state index contributed by atoms with van der Waals surface area (Å²) in [7, 11) is 3.33. The number of ether oxygens (including phenoxy) is 2. The molecule has 2 rings (SSSR count). The van der Waals surface area contributed by atoms with Crippen LogP contribution in [0.1, 0.15) is 31.2 Å². The molecule has 0 heterocycles. The topological polar surface area (TPSA) is 50.7 Å². The Morgan fingerprint density at radius 3 is 2.38 bits per heavy atom. The van der Waals surface area contributed by atoms with Crippen LogP contribution in [0.25, 0.3) is 0 Å². The van der Waals surface area contributed by atoms with Crippen LogP contribution in [0.3, 0.4) is 0 Å². The van der Waals surface area contributed by atoms with Gasteiger partial charge in [-0.15, -0.1) is 12.4 Å². The van der Waals surface area contributed by atoms with Crippen LogP contribution in [0.15, 0.2) is 18.2 Å². The number of methoxy groups -OCH3 is 2. The molecule has 1 aliphatic rings. The maximum atomic E-state index is 8.95. The monoisotopic (exact) mass is 315 g/mol. The van der Waals surface area contributed by atoms with Gasteiger partial charge in [-0.1, -0.05) is 18.9 Å². The van der Waals surface area contributed by atoms with E-state index >= 15 is 0 Å². The Bertz CT molecular complexity index is 434. The second-order valence-corrected chi connectivity index (χ2v) is 5.46. The van der Waals surface area contributed by atoms with Crippen LogP contribution in [0.4, 0.5) is 0 Å². The predicted molar refractivity (Wildman–Crippen MR) is 86.9 cm³/mol. The molecule has 1 saturated carbocycles. The van der Waals surface area contributed by atoms with Gasteiger partial charge in [-0.05, 0) is 30.5 Å². The molecule has 2 N–H and O–H groups in total. The van der Waals surface area contributed by atoms with Gasteiger partial charge in [-0.3, -0.25) is 0 Å². The molecule has 5 heteroatoms. The molecule has 0 atom stereocenters. The molecule has 1 fully saturated rings. The second kappa shape index (κ2) is 8.47. The fourth-order valence-corrected chi connectivity index (χ4v) is 3.19. The molecule has 0 radical (unpaired) electrons. The van der Waals surface area contributed by atoms with Gasteiger partial charge in [0.1, 0.15) is 0 Å². The third-order valence-corrected chi connectivity index (χ3v) is 4.31. The number of halogens is 1. The number of hydrogen-bond acceptors (Lipinski definition) is 4. The van der Waals surface area contributed by atoms with Gasteiger partial charge in [-0.25, -0.2) is 0 Å². The Morgan fingerprint density at radius 1 is 1.14 bits per heavy atom. The summed E-state index contributed by atoms with van der Waals surface area (Å²) in [5.74, 6) is 1.56. The summed E-state index contributed by atoms with van der Waals surface area (Å²) < 4.78 is 10.7. The van der Waals surface area contributed by atoms with Gasteiger partial charge < -0.3 is 19.9 Å². The molecule has 0 aliphatic heterocycles. The van der Waals surface area contributed by atoms with E-state index in [1.165, 1.54) is 31.2 Å². The van der Waals surface area contributed by atoms with Crippen molar-refractivity contribution in [1.29, 1.82) is 0 Å². The molecule has 21 heavy (non-hydrogen) atoms. The van der Waals surface area contributed by atoms with Crippen LogP contribution < -0.4 is 14.8 Å². The van der Waals surface area contributed by atoms with E-state index in [0.29, 0.717) is 6.54 Å². The average Bonchev–Trinajstić information content (AvgIpc) is 2.97. The zero-order valence-electron chi connectivity index (χ0n) is 12.9. The lowest BCUT2D eigenvalue weighted by Gasteiger charge is -2.30. The highest BCUT2D eigenvalue weighted by Crippen LogP contribution is 2.43. The molecule has 1 aromatic rings. The first kappa shape index (κ1) is 18.1. The van der Waals surface area contributed by atoms with Gasteiger partial charge >= 0.3 is 0 Å². The van der Waals surface area contributed by atoms with E-state index < -0.39 is 0 Å². The fraction of sp³-hybridized carbons (Fsp3) is 0.625. The molecule has 0 saturated heterocycles. The Hall–Kier alpha value is -0.970. The molecular formula is C16H26ClNO3. The second-order valence-electron chi connectivity index (χ2n) is 5.46. The van der Waals surface area contributed by atoms with Gasteiger partial charge in [-0.2, -0.15) is 0 Å². The number of nitrogens with one attached hydrogen (secondary N) is 1. The normalized spacial score (nSPS) is 16.3. The molecule has 0 bridgehead atoms. The molecule has 0 spiro atoms. The molecule has 0 aromatic heterocycles. The lowest BCUT2D eigenvalue weighted by molar-refractivity contribution is 0.282. The maximum Gasteiger partial charge on any atom is 0.161 e. The van der Waals surface area contributed by atoms with E-state index in [0.717, 1.165) is 18.0 Å². The van der Waals surface area contributed by atoms with Crippen molar-refractivity contribution < 1.29 is 14.6 Å². The minimum atomic E-state index is 0. The van der Waals surface area contributed by atoms with E-state index in [-0.39, 0.29) is 24.4 Å². The van der Waals surface area contributed by atoms with Crippen molar-refractivity contribution in [1.82, 2.24) is 5.32 Å². The van der Waals surface area contributed by atoms with Crippen LogP contribution in [0, 0.1) is 0 Å². The van der Waals surface area contributed by atoms with Crippen LogP contribution >= 0.6 is 12.4 Å². The number of hydrogen-bond donors (Lipinski definition) is 2. The Morgan fingerprint density at radius 2 is 1.81 bits per heavy atom. The van der Waals surface area contributed by atoms with E-state index in [1.54, 1.807) is 14.2 Å². The van der Waals surface area contributed by atoms with Crippen LogP contribution in [0.2, 0.25) is 0 Å². The van der Waals surface area contributed by atoms with Crippen molar-refractivity contribution in [2.45, 2.75) is 31.1 Å². The first-order chi connectivity index (χ1) is 9.75. The third-order valence-electron chi connectivity index (χ3n) is 4.31. The van der Waals surface area contributed by atoms with Crippen LogP contribution in [0.5, 0.6) is 11.5 Å². The highest BCUT2D eigenvalue weighted by atomic mass is 35.5. The summed E-state index contributed by atoms with van der Waals surface area (Å²) in [5.41, 5.74) is 1.47. The van der Waals surface area contributed by atoms with E-state index in [1.807, 2.05) is 6.07 Å². The fourth-order valence-electron chi connectivity index (χ4n) is 3.19. The van der Waals surface area contributed by atoms with Crippen LogP contribution in [-0.4, -0.2) is 39.0 Å². The first-order valence-corrected chi connectivity index (χ1v) is 7.30. The highest BCUT2D eigenvalue weighted by molar-refractivity contribution is 5.85. The number of benzene rings is 1. The quantitative estimate of drug-likeness (QED) is 0.759. The van der Waals surface area contributed by atoms with Crippen molar-refractivity contribution in [3.63, 3.8) is 0 Å². The maximum absolute atomic E-state index is 8.95. The Kier molecular flexibility index (Phi) is 7.29. The summed E-state index contributed by atoms with van der Waals surface area (Å²) in [6.07, 6.45) is 4.88. The number of aliphatic hydroxyl groups excluding tert-OH is 1. The third kappa shape index (κ3) is 4.02. The van der Waals surface area contributed by atoms with Gasteiger partial charge in [0, 0.05) is 18.5 Å². The summed E-state index contributed by atoms with van der Waals surface area (Å²) in [4.78, 5) is 0. The summed E-state index contributed by atoms with van der Waals surface area (Å²) >= 11 is 0. The number of rotatable bonds is 7. The smallest absolute Gasteiger partial charge is 0.161 e. The Balaban J connectivity index is 0.00000220.